The summed E-state index contributed by atoms with van der Waals surface area (Å²) in [4.78, 5) is 24.1. The van der Waals surface area contributed by atoms with Gasteiger partial charge in [-0.25, -0.2) is 0 Å². The van der Waals surface area contributed by atoms with Crippen LogP contribution in [0.5, 0.6) is 0 Å². The lowest BCUT2D eigenvalue weighted by atomic mass is 9.88. The number of unbranched alkanes of at least 4 members (excludes halogenated alkanes) is 11. The molecule has 0 amide bonds. The van der Waals surface area contributed by atoms with Gasteiger partial charge in [0, 0.05) is 13.0 Å². The summed E-state index contributed by atoms with van der Waals surface area (Å²) < 4.78 is 5.59. The van der Waals surface area contributed by atoms with E-state index < -0.39 is 11.5 Å². The Morgan fingerprint density at radius 2 is 1.36 bits per heavy atom. The summed E-state index contributed by atoms with van der Waals surface area (Å²) in [6.07, 6.45) is 20.0. The highest BCUT2D eigenvalue weighted by Gasteiger charge is 2.36. The summed E-state index contributed by atoms with van der Waals surface area (Å²) >= 11 is 0. The molecule has 3 N–H and O–H groups in total. The lowest BCUT2D eigenvalue weighted by Gasteiger charge is -2.30. The van der Waals surface area contributed by atoms with Crippen LogP contribution in [-0.4, -0.2) is 47.4 Å². The van der Waals surface area contributed by atoms with Crippen LogP contribution in [0.2, 0.25) is 0 Å². The number of rotatable bonds is 27. The summed E-state index contributed by atoms with van der Waals surface area (Å²) in [5, 5.41) is 22.5. The Morgan fingerprint density at radius 1 is 0.750 bits per heavy atom. The van der Waals surface area contributed by atoms with Crippen LogP contribution in [0.25, 0.3) is 0 Å². The van der Waals surface area contributed by atoms with Crippen LogP contribution in [0, 0.1) is 5.92 Å². The summed E-state index contributed by atoms with van der Waals surface area (Å²) in [5.41, 5.74) is -1.02. The molecule has 0 radical (unpaired) electrons. The molecule has 0 aliphatic carbocycles. The van der Waals surface area contributed by atoms with Crippen molar-refractivity contribution in [2.75, 3.05) is 19.8 Å². The average molecular weight is 514 g/mol. The number of esters is 1. The number of carbonyl (C=O) groups is 2. The maximum absolute atomic E-state index is 12.2. The molecule has 214 valence electrons. The van der Waals surface area contributed by atoms with E-state index >= 15 is 0 Å². The molecule has 0 spiro atoms. The van der Waals surface area contributed by atoms with Gasteiger partial charge in [-0.15, -0.1) is 0 Å². The number of carboxylic acid groups (broad SMARTS) is 1. The van der Waals surface area contributed by atoms with E-state index in [2.05, 4.69) is 26.1 Å². The van der Waals surface area contributed by atoms with Crippen molar-refractivity contribution >= 4 is 11.9 Å². The lowest BCUT2D eigenvalue weighted by Crippen LogP contribution is -2.53. The lowest BCUT2D eigenvalue weighted by molar-refractivity contribution is -0.146. The van der Waals surface area contributed by atoms with Gasteiger partial charge in [0.05, 0.1) is 6.61 Å². The minimum Gasteiger partial charge on any atom is -0.480 e. The number of carbonyl (C=O) groups excluding carboxylic acids is 1. The van der Waals surface area contributed by atoms with E-state index in [-0.39, 0.29) is 19.0 Å². The number of carboxylic acids is 1. The Balaban J connectivity index is 4.03. The second kappa shape index (κ2) is 24.2. The molecule has 0 bridgehead atoms. The monoisotopic (exact) mass is 513 g/mol. The first-order chi connectivity index (χ1) is 17.5. The predicted octanol–water partition coefficient (Wildman–Crippen LogP) is 7.41. The van der Waals surface area contributed by atoms with Crippen LogP contribution < -0.4 is 5.32 Å². The Kier molecular flexibility index (Phi) is 23.4. The molecule has 0 aromatic carbocycles. The van der Waals surface area contributed by atoms with Gasteiger partial charge >= 0.3 is 11.9 Å². The number of aliphatic carboxylic acids is 1. The fourth-order valence-corrected chi connectivity index (χ4v) is 4.93. The minimum atomic E-state index is -1.02. The summed E-state index contributed by atoms with van der Waals surface area (Å²) in [7, 11) is 0. The van der Waals surface area contributed by atoms with E-state index in [0.717, 1.165) is 70.6 Å². The predicted molar refractivity (Wildman–Crippen MR) is 149 cm³/mol. The highest BCUT2D eigenvalue weighted by Crippen LogP contribution is 2.21. The van der Waals surface area contributed by atoms with Gasteiger partial charge in [-0.3, -0.25) is 9.59 Å². The zero-order valence-corrected chi connectivity index (χ0v) is 24.0. The van der Waals surface area contributed by atoms with Gasteiger partial charge in [0.15, 0.2) is 0 Å². The minimum absolute atomic E-state index is 0.0675. The first kappa shape index (κ1) is 34.9. The molecule has 2 atom stereocenters. The summed E-state index contributed by atoms with van der Waals surface area (Å²) in [6, 6.07) is 0. The zero-order chi connectivity index (χ0) is 26.9. The molecule has 0 heterocycles. The van der Waals surface area contributed by atoms with Crippen LogP contribution in [0.15, 0.2) is 0 Å². The third kappa shape index (κ3) is 18.2. The zero-order valence-electron chi connectivity index (χ0n) is 24.0. The quantitative estimate of drug-likeness (QED) is 0.0781. The van der Waals surface area contributed by atoms with Crippen LogP contribution in [0.4, 0.5) is 0 Å². The number of aliphatic hydroxyl groups is 1. The fraction of sp³-hybridized carbons (Fsp3) is 0.933. The van der Waals surface area contributed by atoms with Gasteiger partial charge in [0.2, 0.25) is 0 Å². The maximum atomic E-state index is 12.2. The molecular formula is C30H59NO5. The van der Waals surface area contributed by atoms with E-state index in [1.54, 1.807) is 0 Å². The van der Waals surface area contributed by atoms with Crippen molar-refractivity contribution in [3.8, 4) is 0 Å². The van der Waals surface area contributed by atoms with Crippen molar-refractivity contribution in [1.29, 1.82) is 0 Å². The summed E-state index contributed by atoms with van der Waals surface area (Å²) in [6.45, 7) is 7.66. The molecule has 6 nitrogen and oxygen atoms in total. The second-order valence-electron chi connectivity index (χ2n) is 10.7. The van der Waals surface area contributed by atoms with Crippen molar-refractivity contribution in [3.63, 3.8) is 0 Å². The van der Waals surface area contributed by atoms with E-state index in [9.17, 15) is 19.8 Å². The molecule has 0 fully saturated rings. The molecule has 2 unspecified atom stereocenters. The molecule has 6 heteroatoms. The number of nitrogens with one attached hydrogen (secondary N) is 1. The van der Waals surface area contributed by atoms with Gasteiger partial charge in [-0.1, -0.05) is 104 Å². The molecule has 0 saturated heterocycles. The van der Waals surface area contributed by atoms with Gasteiger partial charge in [0.1, 0.15) is 5.54 Å². The van der Waals surface area contributed by atoms with Crippen molar-refractivity contribution < 1.29 is 24.5 Å². The first-order valence-electron chi connectivity index (χ1n) is 15.2. The average Bonchev–Trinajstić information content (AvgIpc) is 2.86. The van der Waals surface area contributed by atoms with Crippen molar-refractivity contribution in [2.45, 2.75) is 155 Å². The highest BCUT2D eigenvalue weighted by atomic mass is 16.5. The molecule has 0 aliphatic heterocycles. The van der Waals surface area contributed by atoms with Crippen molar-refractivity contribution in [2.24, 2.45) is 5.92 Å². The molecule has 36 heavy (non-hydrogen) atoms. The van der Waals surface area contributed by atoms with Gasteiger partial charge in [0.25, 0.3) is 0 Å². The maximum Gasteiger partial charge on any atom is 0.323 e. The summed E-state index contributed by atoms with van der Waals surface area (Å²) in [5.74, 6) is -0.422. The van der Waals surface area contributed by atoms with E-state index in [0.29, 0.717) is 31.9 Å². The Morgan fingerprint density at radius 3 is 2.00 bits per heavy atom. The van der Waals surface area contributed by atoms with Crippen molar-refractivity contribution in [3.05, 3.63) is 0 Å². The van der Waals surface area contributed by atoms with Crippen LogP contribution in [0.1, 0.15) is 149 Å². The van der Waals surface area contributed by atoms with Gasteiger partial charge in [-0.2, -0.15) is 0 Å². The number of hydrogen-bond acceptors (Lipinski definition) is 5. The van der Waals surface area contributed by atoms with E-state index in [1.807, 2.05) is 0 Å². The molecule has 0 saturated carbocycles. The smallest absolute Gasteiger partial charge is 0.323 e. The third-order valence-corrected chi connectivity index (χ3v) is 7.32. The number of ether oxygens (including phenoxy) is 1. The van der Waals surface area contributed by atoms with Crippen LogP contribution in [0.3, 0.4) is 0 Å². The number of aliphatic hydroxyl groups excluding tert-OH is 1. The van der Waals surface area contributed by atoms with Crippen LogP contribution in [-0.2, 0) is 14.3 Å². The standard InChI is InChI=1S/C30H59NO5/c1-4-7-9-12-15-20-27(19-6-3)26-36-28(33)21-16-13-11-14-18-24-31-30(23-25-32,29(34)35)22-17-10-8-5-2/h27,31-32H,4-26H2,1-3H3,(H,34,35). The topological polar surface area (TPSA) is 95.9 Å². The third-order valence-electron chi connectivity index (χ3n) is 7.32. The fourth-order valence-electron chi connectivity index (χ4n) is 4.93. The van der Waals surface area contributed by atoms with Gasteiger partial charge < -0.3 is 20.3 Å². The normalized spacial score (nSPS) is 13.9. The van der Waals surface area contributed by atoms with Crippen molar-refractivity contribution in [1.82, 2.24) is 5.32 Å². The van der Waals surface area contributed by atoms with E-state index in [4.69, 9.17) is 4.74 Å². The molecule has 0 rings (SSSR count). The molecule has 0 aliphatic rings. The highest BCUT2D eigenvalue weighted by molar-refractivity contribution is 5.78. The first-order valence-corrected chi connectivity index (χ1v) is 15.2. The van der Waals surface area contributed by atoms with E-state index in [1.165, 1.54) is 38.5 Å². The van der Waals surface area contributed by atoms with Gasteiger partial charge in [-0.05, 0) is 51.0 Å². The molecule has 0 aromatic heterocycles. The largest absolute Gasteiger partial charge is 0.480 e. The molecule has 0 aromatic rings. The number of hydrogen-bond donors (Lipinski definition) is 3. The van der Waals surface area contributed by atoms with Crippen LogP contribution >= 0.6 is 0 Å². The second-order valence-corrected chi connectivity index (χ2v) is 10.7. The Labute approximate surface area is 222 Å². The molecular weight excluding hydrogens is 454 g/mol. The Hall–Kier alpha value is -1.14. The Bertz CT molecular complexity index is 527. The SMILES string of the molecule is CCCCCCCC(CCC)COC(=O)CCCCCCCNC(CCO)(CCCCCC)C(=O)O.